The monoisotopic (exact) mass is 271 g/mol. The number of benzene rings is 1. The summed E-state index contributed by atoms with van der Waals surface area (Å²) in [5, 5.41) is 5.07. The number of ether oxygens (including phenoxy) is 1. The predicted molar refractivity (Wildman–Crippen MR) is 80.0 cm³/mol. The molecule has 1 unspecified atom stereocenters. The summed E-state index contributed by atoms with van der Waals surface area (Å²) in [5.74, 6) is 0. The summed E-state index contributed by atoms with van der Waals surface area (Å²) in [6.07, 6.45) is 1.12. The van der Waals surface area contributed by atoms with Gasteiger partial charge in [0, 0.05) is 36.2 Å². The smallest absolute Gasteiger partial charge is 0.0605 e. The number of hydrogen-bond donors (Lipinski definition) is 2. The van der Waals surface area contributed by atoms with Crippen LogP contribution < -0.4 is 5.32 Å². The van der Waals surface area contributed by atoms with Gasteiger partial charge in [-0.25, -0.2) is 0 Å². The summed E-state index contributed by atoms with van der Waals surface area (Å²) >= 11 is 0. The first-order valence-corrected chi connectivity index (χ1v) is 7.55. The fraction of sp³-hybridized carbons (Fsp3) is 0.500. The lowest BCUT2D eigenvalue weighted by Gasteiger charge is -2.32. The minimum absolute atomic E-state index is 0.421. The van der Waals surface area contributed by atoms with E-state index in [2.05, 4.69) is 39.5 Å². The zero-order valence-corrected chi connectivity index (χ0v) is 11.7. The van der Waals surface area contributed by atoms with Crippen LogP contribution in [0.5, 0.6) is 0 Å². The van der Waals surface area contributed by atoms with Gasteiger partial charge in [-0.15, -0.1) is 0 Å². The maximum absolute atomic E-state index is 5.44. The molecule has 2 aliphatic heterocycles. The SMILES string of the molecule is c1ccc2c3c([nH]c2c1)C(CN1CCOCC1)NCC3. The second kappa shape index (κ2) is 5.20. The van der Waals surface area contributed by atoms with E-state index in [1.165, 1.54) is 22.2 Å². The molecule has 0 spiro atoms. The summed E-state index contributed by atoms with van der Waals surface area (Å²) in [4.78, 5) is 6.14. The lowest BCUT2D eigenvalue weighted by Crippen LogP contribution is -2.43. The number of hydrogen-bond acceptors (Lipinski definition) is 3. The lowest BCUT2D eigenvalue weighted by molar-refractivity contribution is 0.0329. The van der Waals surface area contributed by atoms with Crippen molar-refractivity contribution in [1.82, 2.24) is 15.2 Å². The maximum Gasteiger partial charge on any atom is 0.0605 e. The first kappa shape index (κ1) is 12.4. The molecular weight excluding hydrogens is 250 g/mol. The molecule has 2 N–H and O–H groups in total. The quantitative estimate of drug-likeness (QED) is 0.873. The van der Waals surface area contributed by atoms with Crippen molar-refractivity contribution in [3.05, 3.63) is 35.5 Å². The van der Waals surface area contributed by atoms with E-state index in [4.69, 9.17) is 4.74 Å². The minimum Gasteiger partial charge on any atom is -0.379 e. The summed E-state index contributed by atoms with van der Waals surface area (Å²) in [6, 6.07) is 9.08. The largest absolute Gasteiger partial charge is 0.379 e. The number of aromatic amines is 1. The van der Waals surface area contributed by atoms with E-state index in [1.54, 1.807) is 0 Å². The van der Waals surface area contributed by atoms with Crippen LogP contribution in [0.2, 0.25) is 0 Å². The number of para-hydroxylation sites is 1. The van der Waals surface area contributed by atoms with Crippen LogP contribution in [0.15, 0.2) is 24.3 Å². The van der Waals surface area contributed by atoms with Crippen LogP contribution in [0.25, 0.3) is 10.9 Å². The van der Waals surface area contributed by atoms with Crippen molar-refractivity contribution < 1.29 is 4.74 Å². The van der Waals surface area contributed by atoms with Crippen molar-refractivity contribution in [2.45, 2.75) is 12.5 Å². The molecule has 0 radical (unpaired) electrons. The summed E-state index contributed by atoms with van der Waals surface area (Å²) < 4.78 is 5.44. The second-order valence-electron chi connectivity index (χ2n) is 5.73. The molecule has 20 heavy (non-hydrogen) atoms. The molecule has 1 aromatic heterocycles. The summed E-state index contributed by atoms with van der Waals surface area (Å²) in [5.41, 5.74) is 4.18. The molecule has 4 rings (SSSR count). The number of fused-ring (bicyclic) bond motifs is 3. The van der Waals surface area contributed by atoms with Crippen LogP contribution in [0.1, 0.15) is 17.3 Å². The Labute approximate surface area is 119 Å². The maximum atomic E-state index is 5.44. The highest BCUT2D eigenvalue weighted by atomic mass is 16.5. The molecule has 4 nitrogen and oxygen atoms in total. The number of H-pyrrole nitrogens is 1. The van der Waals surface area contributed by atoms with Gasteiger partial charge >= 0.3 is 0 Å². The average Bonchev–Trinajstić information content (AvgIpc) is 2.88. The van der Waals surface area contributed by atoms with Crippen LogP contribution in [-0.4, -0.2) is 49.3 Å². The number of aromatic nitrogens is 1. The first-order valence-electron chi connectivity index (χ1n) is 7.55. The molecule has 0 amide bonds. The molecule has 0 saturated carbocycles. The number of nitrogens with zero attached hydrogens (tertiary/aromatic N) is 1. The third-order valence-electron chi connectivity index (χ3n) is 4.51. The second-order valence-corrected chi connectivity index (χ2v) is 5.73. The molecule has 0 bridgehead atoms. The zero-order chi connectivity index (χ0) is 13.4. The Kier molecular flexibility index (Phi) is 3.22. The molecule has 1 fully saturated rings. The molecule has 3 heterocycles. The Hall–Kier alpha value is -1.36. The van der Waals surface area contributed by atoms with Crippen molar-refractivity contribution in [3.63, 3.8) is 0 Å². The molecule has 1 saturated heterocycles. The van der Waals surface area contributed by atoms with E-state index in [9.17, 15) is 0 Å². The fourth-order valence-corrected chi connectivity index (χ4v) is 3.46. The van der Waals surface area contributed by atoms with Crippen LogP contribution in [0, 0.1) is 0 Å². The molecule has 0 aliphatic carbocycles. The molecule has 2 aliphatic rings. The third kappa shape index (κ3) is 2.14. The van der Waals surface area contributed by atoms with Gasteiger partial charge in [0.05, 0.1) is 19.3 Å². The van der Waals surface area contributed by atoms with Gasteiger partial charge in [-0.1, -0.05) is 18.2 Å². The van der Waals surface area contributed by atoms with E-state index in [1.807, 2.05) is 0 Å². The number of morpholine rings is 1. The Bertz CT molecular complexity index is 601. The molecular formula is C16H21N3O. The van der Waals surface area contributed by atoms with Crippen molar-refractivity contribution in [2.24, 2.45) is 0 Å². The predicted octanol–water partition coefficient (Wildman–Crippen LogP) is 1.69. The molecule has 2 aromatic rings. The lowest BCUT2D eigenvalue weighted by atomic mass is 9.99. The van der Waals surface area contributed by atoms with E-state index in [0.717, 1.165) is 45.8 Å². The van der Waals surface area contributed by atoms with Gasteiger partial charge in [-0.3, -0.25) is 4.90 Å². The standard InChI is InChI=1S/C16H21N3O/c1-2-4-14-12(3-1)13-5-6-17-15(16(13)18-14)11-19-7-9-20-10-8-19/h1-4,15,17-18H,5-11H2. The van der Waals surface area contributed by atoms with Crippen LogP contribution in [-0.2, 0) is 11.2 Å². The van der Waals surface area contributed by atoms with Gasteiger partial charge in [0.2, 0.25) is 0 Å². The minimum atomic E-state index is 0.421. The van der Waals surface area contributed by atoms with E-state index in [-0.39, 0.29) is 0 Å². The fourth-order valence-electron chi connectivity index (χ4n) is 3.46. The highest BCUT2D eigenvalue weighted by Gasteiger charge is 2.25. The van der Waals surface area contributed by atoms with Crippen molar-refractivity contribution in [2.75, 3.05) is 39.4 Å². The summed E-state index contributed by atoms with van der Waals surface area (Å²) in [7, 11) is 0. The van der Waals surface area contributed by atoms with Crippen molar-refractivity contribution >= 4 is 10.9 Å². The van der Waals surface area contributed by atoms with E-state index >= 15 is 0 Å². The molecule has 106 valence electrons. The molecule has 1 atom stereocenters. The van der Waals surface area contributed by atoms with Crippen molar-refractivity contribution in [3.8, 4) is 0 Å². The Morgan fingerprint density at radius 1 is 1.20 bits per heavy atom. The van der Waals surface area contributed by atoms with Gasteiger partial charge in [-0.2, -0.15) is 0 Å². The third-order valence-corrected chi connectivity index (χ3v) is 4.51. The van der Waals surface area contributed by atoms with Crippen LogP contribution in [0.3, 0.4) is 0 Å². The van der Waals surface area contributed by atoms with Gasteiger partial charge in [0.15, 0.2) is 0 Å². The Morgan fingerprint density at radius 2 is 2.05 bits per heavy atom. The van der Waals surface area contributed by atoms with Gasteiger partial charge in [0.25, 0.3) is 0 Å². The van der Waals surface area contributed by atoms with E-state index in [0.29, 0.717) is 6.04 Å². The topological polar surface area (TPSA) is 40.3 Å². The zero-order valence-electron chi connectivity index (χ0n) is 11.7. The highest BCUT2D eigenvalue weighted by molar-refractivity contribution is 5.85. The Balaban J connectivity index is 1.63. The molecule has 4 heteroatoms. The van der Waals surface area contributed by atoms with E-state index < -0.39 is 0 Å². The number of nitrogens with one attached hydrogen (secondary N) is 2. The number of rotatable bonds is 2. The Morgan fingerprint density at radius 3 is 2.95 bits per heavy atom. The summed E-state index contributed by atoms with van der Waals surface area (Å²) in [6.45, 7) is 5.98. The van der Waals surface area contributed by atoms with Gasteiger partial charge < -0.3 is 15.0 Å². The molecule has 1 aromatic carbocycles. The van der Waals surface area contributed by atoms with Gasteiger partial charge in [0.1, 0.15) is 0 Å². The average molecular weight is 271 g/mol. The van der Waals surface area contributed by atoms with Crippen molar-refractivity contribution in [1.29, 1.82) is 0 Å². The normalized spacial score (nSPS) is 23.9. The highest BCUT2D eigenvalue weighted by Crippen LogP contribution is 2.30. The van der Waals surface area contributed by atoms with Crippen LogP contribution >= 0.6 is 0 Å². The first-order chi connectivity index (χ1) is 9.92. The van der Waals surface area contributed by atoms with Gasteiger partial charge in [-0.05, 0) is 24.6 Å². The van der Waals surface area contributed by atoms with Crippen LogP contribution in [0.4, 0.5) is 0 Å².